The molecule has 0 spiro atoms. The van der Waals surface area contributed by atoms with Gasteiger partial charge in [0, 0.05) is 24.2 Å². The zero-order valence-corrected chi connectivity index (χ0v) is 18.8. The summed E-state index contributed by atoms with van der Waals surface area (Å²) in [5.74, 6) is 0.570. The molecule has 31 heavy (non-hydrogen) atoms. The zero-order chi connectivity index (χ0) is 21.8. The molecule has 2 saturated heterocycles. The lowest BCUT2D eigenvalue weighted by molar-refractivity contribution is -0.118. The van der Waals surface area contributed by atoms with Crippen molar-refractivity contribution in [1.29, 1.82) is 0 Å². The molecule has 2 heterocycles. The van der Waals surface area contributed by atoms with E-state index in [1.165, 1.54) is 0 Å². The number of rotatable bonds is 7. The van der Waals surface area contributed by atoms with Crippen LogP contribution < -0.4 is 10.1 Å². The minimum absolute atomic E-state index is 0.00622. The van der Waals surface area contributed by atoms with Gasteiger partial charge >= 0.3 is 0 Å². The summed E-state index contributed by atoms with van der Waals surface area (Å²) in [4.78, 5) is 25.4. The highest BCUT2D eigenvalue weighted by Gasteiger charge is 2.31. The monoisotopic (exact) mass is 460 g/mol. The Morgan fingerprint density at radius 3 is 2.77 bits per heavy atom. The van der Waals surface area contributed by atoms with Crippen molar-refractivity contribution < 1.29 is 19.1 Å². The van der Waals surface area contributed by atoms with E-state index >= 15 is 0 Å². The summed E-state index contributed by atoms with van der Waals surface area (Å²) in [6, 6.07) is 15.8. The van der Waals surface area contributed by atoms with Crippen molar-refractivity contribution in [2.24, 2.45) is 0 Å². The van der Waals surface area contributed by atoms with E-state index in [1.54, 1.807) is 0 Å². The van der Waals surface area contributed by atoms with Gasteiger partial charge in [0.25, 0.3) is 5.24 Å². The summed E-state index contributed by atoms with van der Waals surface area (Å²) in [5, 5.41) is 2.41. The fraction of sp³-hybridized carbons (Fsp3) is 0.391. The van der Waals surface area contributed by atoms with E-state index in [4.69, 9.17) is 21.1 Å². The Morgan fingerprint density at radius 2 is 2.06 bits per heavy atom. The normalized spacial score (nSPS) is 22.9. The van der Waals surface area contributed by atoms with Gasteiger partial charge in [-0.05, 0) is 48.7 Å². The zero-order valence-electron chi connectivity index (χ0n) is 17.3. The number of imide groups is 1. The highest BCUT2D eigenvalue weighted by Crippen LogP contribution is 2.26. The lowest BCUT2D eigenvalue weighted by Gasteiger charge is -2.37. The van der Waals surface area contributed by atoms with Crippen LogP contribution in [0.15, 0.2) is 48.5 Å². The van der Waals surface area contributed by atoms with Gasteiger partial charge in [0.1, 0.15) is 12.4 Å². The number of nitrogens with zero attached hydrogens (tertiary/aromatic N) is 1. The highest BCUT2D eigenvalue weighted by atomic mass is 35.5. The van der Waals surface area contributed by atoms with Crippen LogP contribution in [0.5, 0.6) is 5.75 Å². The van der Waals surface area contributed by atoms with Gasteiger partial charge < -0.3 is 9.47 Å². The summed E-state index contributed by atoms with van der Waals surface area (Å²) in [7, 11) is 0. The second kappa shape index (κ2) is 10.0. The Labute approximate surface area is 191 Å². The van der Waals surface area contributed by atoms with Crippen molar-refractivity contribution in [2.45, 2.75) is 30.7 Å². The second-order valence-corrected chi connectivity index (χ2v) is 9.41. The summed E-state index contributed by atoms with van der Waals surface area (Å²) < 4.78 is 12.0. The molecular weight excluding hydrogens is 436 g/mol. The van der Waals surface area contributed by atoms with Crippen molar-refractivity contribution in [3.05, 3.63) is 64.7 Å². The maximum absolute atomic E-state index is 11.7. The first-order valence-electron chi connectivity index (χ1n) is 10.3. The molecule has 4 rings (SSSR count). The molecule has 0 radical (unpaired) electrons. The molecule has 164 valence electrons. The number of benzene rings is 2. The van der Waals surface area contributed by atoms with Gasteiger partial charge in [0.05, 0.1) is 18.0 Å². The number of amides is 2. The number of hydrogen-bond donors (Lipinski definition) is 1. The van der Waals surface area contributed by atoms with E-state index in [-0.39, 0.29) is 28.5 Å². The molecule has 0 saturated carbocycles. The van der Waals surface area contributed by atoms with Crippen LogP contribution in [0.2, 0.25) is 5.02 Å². The third kappa shape index (κ3) is 5.80. The second-order valence-electron chi connectivity index (χ2n) is 7.80. The van der Waals surface area contributed by atoms with Gasteiger partial charge in [-0.1, -0.05) is 47.6 Å². The van der Waals surface area contributed by atoms with E-state index in [2.05, 4.69) is 17.1 Å². The molecule has 0 bridgehead atoms. The Hall–Kier alpha value is -2.06. The topological polar surface area (TPSA) is 67.9 Å². The summed E-state index contributed by atoms with van der Waals surface area (Å²) in [6.07, 6.45) is 0.532. The maximum atomic E-state index is 11.7. The van der Waals surface area contributed by atoms with Crippen molar-refractivity contribution in [2.75, 3.05) is 26.3 Å². The molecule has 8 heteroatoms. The number of ether oxygens (including phenoxy) is 2. The lowest BCUT2D eigenvalue weighted by atomic mass is 10.1. The van der Waals surface area contributed by atoms with Gasteiger partial charge in [0.15, 0.2) is 0 Å². The van der Waals surface area contributed by atoms with E-state index < -0.39 is 0 Å². The van der Waals surface area contributed by atoms with Crippen LogP contribution in [0.3, 0.4) is 0 Å². The minimum Gasteiger partial charge on any atom is -0.492 e. The standard InChI is InChI=1S/C23H25ClN2O4S/c1-15(26-9-10-29-20(13-26)17-3-2-4-18(24)12-17)14-30-19-7-5-16(6-8-19)11-21-22(27)25-23(28)31-21/h2-8,12,15,20-21H,9-11,13-14H2,1H3,(H,25,27,28). The first-order valence-corrected chi connectivity index (χ1v) is 11.6. The van der Waals surface area contributed by atoms with Gasteiger partial charge in [-0.25, -0.2) is 0 Å². The lowest BCUT2D eigenvalue weighted by Crippen LogP contribution is -2.45. The minimum atomic E-state index is -0.354. The number of carbonyl (C=O) groups excluding carboxylic acids is 2. The molecule has 2 aromatic rings. The van der Waals surface area contributed by atoms with Gasteiger partial charge in [0.2, 0.25) is 5.91 Å². The smallest absolute Gasteiger partial charge is 0.286 e. The van der Waals surface area contributed by atoms with Gasteiger partial charge in [-0.2, -0.15) is 0 Å². The largest absolute Gasteiger partial charge is 0.492 e. The quantitative estimate of drug-likeness (QED) is 0.671. The van der Waals surface area contributed by atoms with Gasteiger partial charge in [-0.3, -0.25) is 19.8 Å². The summed E-state index contributed by atoms with van der Waals surface area (Å²) >= 11 is 7.18. The average molecular weight is 461 g/mol. The first-order chi connectivity index (χ1) is 15.0. The molecule has 6 nitrogen and oxygen atoms in total. The number of hydrogen-bond acceptors (Lipinski definition) is 6. The van der Waals surface area contributed by atoms with Crippen molar-refractivity contribution >= 4 is 34.5 Å². The molecule has 3 unspecified atom stereocenters. The Morgan fingerprint density at radius 1 is 1.26 bits per heavy atom. The van der Waals surface area contributed by atoms with Gasteiger partial charge in [-0.15, -0.1) is 0 Å². The van der Waals surface area contributed by atoms with Crippen LogP contribution >= 0.6 is 23.4 Å². The fourth-order valence-corrected chi connectivity index (χ4v) is 4.82. The Balaban J connectivity index is 1.27. The molecule has 2 aromatic carbocycles. The van der Waals surface area contributed by atoms with Crippen LogP contribution in [0, 0.1) is 0 Å². The fourth-order valence-electron chi connectivity index (χ4n) is 3.76. The van der Waals surface area contributed by atoms with Crippen LogP contribution in [-0.4, -0.2) is 53.6 Å². The molecule has 0 aromatic heterocycles. The van der Waals surface area contributed by atoms with E-state index in [9.17, 15) is 9.59 Å². The predicted molar refractivity (Wildman–Crippen MR) is 122 cm³/mol. The van der Waals surface area contributed by atoms with Crippen LogP contribution in [0.4, 0.5) is 4.79 Å². The Bertz CT molecular complexity index is 939. The molecule has 2 aliphatic rings. The van der Waals surface area contributed by atoms with Crippen molar-refractivity contribution in [3.8, 4) is 5.75 Å². The first kappa shape index (κ1) is 22.1. The van der Waals surface area contributed by atoms with Crippen LogP contribution in [0.1, 0.15) is 24.2 Å². The van der Waals surface area contributed by atoms with Crippen molar-refractivity contribution in [3.63, 3.8) is 0 Å². The molecule has 2 fully saturated rings. The molecular formula is C23H25ClN2O4S. The number of morpholine rings is 1. The highest BCUT2D eigenvalue weighted by molar-refractivity contribution is 8.15. The molecule has 2 amide bonds. The number of carbonyl (C=O) groups is 2. The Kier molecular flexibility index (Phi) is 7.17. The van der Waals surface area contributed by atoms with E-state index in [0.717, 1.165) is 46.8 Å². The van der Waals surface area contributed by atoms with E-state index in [1.807, 2.05) is 48.5 Å². The van der Waals surface area contributed by atoms with E-state index in [0.29, 0.717) is 19.6 Å². The molecule has 0 aliphatic carbocycles. The average Bonchev–Trinajstić information content (AvgIpc) is 3.09. The van der Waals surface area contributed by atoms with Crippen LogP contribution in [0.25, 0.3) is 0 Å². The summed E-state index contributed by atoms with van der Waals surface area (Å²) in [6.45, 7) is 5.05. The molecule has 3 atom stereocenters. The molecule has 1 N–H and O–H groups in total. The van der Waals surface area contributed by atoms with Crippen molar-refractivity contribution in [1.82, 2.24) is 10.2 Å². The third-order valence-electron chi connectivity index (χ3n) is 5.54. The number of thioether (sulfide) groups is 1. The predicted octanol–water partition coefficient (Wildman–Crippen LogP) is 4.07. The number of nitrogens with one attached hydrogen (secondary N) is 1. The maximum Gasteiger partial charge on any atom is 0.286 e. The van der Waals surface area contributed by atoms with Crippen LogP contribution in [-0.2, 0) is 16.0 Å². The third-order valence-corrected chi connectivity index (χ3v) is 6.76. The SMILES string of the molecule is CC(COc1ccc(CC2SC(=O)NC2=O)cc1)N1CCOC(c2cccc(Cl)c2)C1. The molecule has 2 aliphatic heterocycles. The summed E-state index contributed by atoms with van der Waals surface area (Å²) in [5.41, 5.74) is 2.09. The number of halogens is 1.